The van der Waals surface area contributed by atoms with Crippen LogP contribution in [0.1, 0.15) is 45.4 Å². The molecule has 2 unspecified atom stereocenters. The summed E-state index contributed by atoms with van der Waals surface area (Å²) in [5.41, 5.74) is 0. The SMILES string of the molecule is CC(CC(F)(F)F)NC(=O)NC(C(=O)O)C1CCCCC1. The quantitative estimate of drug-likeness (QED) is 0.730. The fourth-order valence-corrected chi connectivity index (χ4v) is 2.65. The molecular weight excluding hydrogens is 289 g/mol. The summed E-state index contributed by atoms with van der Waals surface area (Å²) in [4.78, 5) is 22.9. The highest BCUT2D eigenvalue weighted by atomic mass is 19.4. The lowest BCUT2D eigenvalue weighted by molar-refractivity contribution is -0.141. The Hall–Kier alpha value is -1.47. The summed E-state index contributed by atoms with van der Waals surface area (Å²) in [7, 11) is 0. The molecule has 1 rings (SSSR count). The maximum absolute atomic E-state index is 12.2. The van der Waals surface area contributed by atoms with Crippen LogP contribution in [-0.2, 0) is 4.79 Å². The number of nitrogens with one attached hydrogen (secondary N) is 2. The highest BCUT2D eigenvalue weighted by Crippen LogP contribution is 2.26. The summed E-state index contributed by atoms with van der Waals surface area (Å²) >= 11 is 0. The number of rotatable bonds is 5. The molecule has 1 saturated carbocycles. The van der Waals surface area contributed by atoms with Gasteiger partial charge in [-0.25, -0.2) is 9.59 Å². The van der Waals surface area contributed by atoms with E-state index >= 15 is 0 Å². The first-order chi connectivity index (χ1) is 9.69. The Morgan fingerprint density at radius 3 is 2.24 bits per heavy atom. The standard InChI is InChI=1S/C13H21F3N2O3/c1-8(7-13(14,15)16)17-12(21)18-10(11(19)20)9-5-3-2-4-6-9/h8-10H,2-7H2,1H3,(H,19,20)(H2,17,18,21). The predicted molar refractivity (Wildman–Crippen MR) is 69.8 cm³/mol. The zero-order valence-corrected chi connectivity index (χ0v) is 11.9. The monoisotopic (exact) mass is 310 g/mol. The maximum Gasteiger partial charge on any atom is 0.391 e. The number of carbonyl (C=O) groups is 2. The second-order valence-electron chi connectivity index (χ2n) is 5.55. The predicted octanol–water partition coefficient (Wildman–Crippen LogP) is 2.66. The van der Waals surface area contributed by atoms with Crippen LogP contribution < -0.4 is 10.6 Å². The molecule has 1 aliphatic rings. The van der Waals surface area contributed by atoms with Crippen molar-refractivity contribution in [2.24, 2.45) is 5.92 Å². The molecule has 0 radical (unpaired) electrons. The molecule has 5 nitrogen and oxygen atoms in total. The van der Waals surface area contributed by atoms with Gasteiger partial charge in [0.15, 0.2) is 0 Å². The van der Waals surface area contributed by atoms with E-state index in [2.05, 4.69) is 10.6 Å². The van der Waals surface area contributed by atoms with Crippen LogP contribution in [0.5, 0.6) is 0 Å². The fraction of sp³-hybridized carbons (Fsp3) is 0.846. The number of halogens is 3. The summed E-state index contributed by atoms with van der Waals surface area (Å²) in [6.07, 6.45) is -1.27. The molecule has 122 valence electrons. The van der Waals surface area contributed by atoms with Crippen molar-refractivity contribution in [3.8, 4) is 0 Å². The van der Waals surface area contributed by atoms with E-state index in [4.69, 9.17) is 0 Å². The Morgan fingerprint density at radius 2 is 1.76 bits per heavy atom. The molecule has 0 aromatic rings. The van der Waals surface area contributed by atoms with Crippen LogP contribution in [0.3, 0.4) is 0 Å². The number of urea groups is 1. The van der Waals surface area contributed by atoms with Crippen LogP contribution in [0.25, 0.3) is 0 Å². The lowest BCUT2D eigenvalue weighted by Crippen LogP contribution is -2.52. The molecule has 0 heterocycles. The van der Waals surface area contributed by atoms with E-state index in [1.807, 2.05) is 0 Å². The van der Waals surface area contributed by atoms with Crippen molar-refractivity contribution in [1.29, 1.82) is 0 Å². The number of hydrogen-bond acceptors (Lipinski definition) is 2. The van der Waals surface area contributed by atoms with Crippen molar-refractivity contribution < 1.29 is 27.9 Å². The molecule has 1 fully saturated rings. The Morgan fingerprint density at radius 1 is 1.19 bits per heavy atom. The third kappa shape index (κ3) is 6.68. The largest absolute Gasteiger partial charge is 0.480 e. The van der Waals surface area contributed by atoms with E-state index in [1.165, 1.54) is 6.92 Å². The van der Waals surface area contributed by atoms with Crippen molar-refractivity contribution in [2.75, 3.05) is 0 Å². The van der Waals surface area contributed by atoms with Gasteiger partial charge >= 0.3 is 18.2 Å². The Balaban J connectivity index is 2.50. The molecule has 2 amide bonds. The summed E-state index contributed by atoms with van der Waals surface area (Å²) in [5.74, 6) is -1.32. The van der Waals surface area contributed by atoms with Crippen LogP contribution in [0.2, 0.25) is 0 Å². The average molecular weight is 310 g/mol. The highest BCUT2D eigenvalue weighted by Gasteiger charge is 2.33. The zero-order chi connectivity index (χ0) is 16.0. The van der Waals surface area contributed by atoms with Gasteiger partial charge in [0.05, 0.1) is 6.42 Å². The Bertz CT molecular complexity index is 368. The van der Waals surface area contributed by atoms with Gasteiger partial charge in [0.25, 0.3) is 0 Å². The average Bonchev–Trinajstić information content (AvgIpc) is 2.34. The van der Waals surface area contributed by atoms with Crippen molar-refractivity contribution in [1.82, 2.24) is 10.6 Å². The van der Waals surface area contributed by atoms with Gasteiger partial charge in [-0.2, -0.15) is 13.2 Å². The third-order valence-electron chi connectivity index (χ3n) is 3.59. The second-order valence-corrected chi connectivity index (χ2v) is 5.55. The van der Waals surface area contributed by atoms with E-state index in [0.29, 0.717) is 12.8 Å². The lowest BCUT2D eigenvalue weighted by Gasteiger charge is -2.28. The highest BCUT2D eigenvalue weighted by molar-refractivity contribution is 5.82. The number of carbonyl (C=O) groups excluding carboxylic acids is 1. The number of alkyl halides is 3. The molecule has 0 aliphatic heterocycles. The van der Waals surface area contributed by atoms with Crippen molar-refractivity contribution in [3.05, 3.63) is 0 Å². The molecule has 0 saturated heterocycles. The van der Waals surface area contributed by atoms with Crippen LogP contribution in [-0.4, -0.2) is 35.4 Å². The summed E-state index contributed by atoms with van der Waals surface area (Å²) in [5, 5.41) is 13.6. The normalized spacial score (nSPS) is 19.6. The van der Waals surface area contributed by atoms with Crippen molar-refractivity contribution in [3.63, 3.8) is 0 Å². The second kappa shape index (κ2) is 7.51. The number of amides is 2. The van der Waals surface area contributed by atoms with Crippen LogP contribution in [0, 0.1) is 5.92 Å². The van der Waals surface area contributed by atoms with Crippen molar-refractivity contribution >= 4 is 12.0 Å². The molecule has 0 bridgehead atoms. The van der Waals surface area contributed by atoms with Gasteiger partial charge in [-0.15, -0.1) is 0 Å². The Labute approximate surface area is 121 Å². The van der Waals surface area contributed by atoms with Gasteiger partial charge in [-0.05, 0) is 25.7 Å². The first-order valence-corrected chi connectivity index (χ1v) is 7.05. The molecule has 1 aliphatic carbocycles. The van der Waals surface area contributed by atoms with Gasteiger partial charge < -0.3 is 15.7 Å². The van der Waals surface area contributed by atoms with E-state index < -0.39 is 36.7 Å². The Kier molecular flexibility index (Phi) is 6.29. The smallest absolute Gasteiger partial charge is 0.391 e. The van der Waals surface area contributed by atoms with Crippen LogP contribution in [0.15, 0.2) is 0 Å². The summed E-state index contributed by atoms with van der Waals surface area (Å²) in [6.45, 7) is 1.23. The minimum Gasteiger partial charge on any atom is -0.480 e. The lowest BCUT2D eigenvalue weighted by atomic mass is 9.84. The maximum atomic E-state index is 12.2. The van der Waals surface area contributed by atoms with E-state index in [-0.39, 0.29) is 5.92 Å². The minimum atomic E-state index is -4.37. The first kappa shape index (κ1) is 17.6. The first-order valence-electron chi connectivity index (χ1n) is 7.05. The van der Waals surface area contributed by atoms with E-state index in [1.54, 1.807) is 0 Å². The third-order valence-corrected chi connectivity index (χ3v) is 3.59. The van der Waals surface area contributed by atoms with Crippen molar-refractivity contribution in [2.45, 2.75) is 63.7 Å². The van der Waals surface area contributed by atoms with Gasteiger partial charge in [0.2, 0.25) is 0 Å². The van der Waals surface area contributed by atoms with Crippen LogP contribution in [0.4, 0.5) is 18.0 Å². The van der Waals surface area contributed by atoms with E-state index in [9.17, 15) is 27.9 Å². The molecule has 0 spiro atoms. The van der Waals surface area contributed by atoms with Gasteiger partial charge in [-0.1, -0.05) is 19.3 Å². The molecule has 3 N–H and O–H groups in total. The molecule has 2 atom stereocenters. The number of hydrogen-bond donors (Lipinski definition) is 3. The molecule has 0 aromatic heterocycles. The van der Waals surface area contributed by atoms with Crippen LogP contribution >= 0.6 is 0 Å². The summed E-state index contributed by atoms with van der Waals surface area (Å²) in [6, 6.07) is -3.03. The number of aliphatic carboxylic acids is 1. The molecule has 21 heavy (non-hydrogen) atoms. The van der Waals surface area contributed by atoms with E-state index in [0.717, 1.165) is 19.3 Å². The molecule has 0 aromatic carbocycles. The number of carboxylic acid groups (broad SMARTS) is 1. The topological polar surface area (TPSA) is 78.4 Å². The molecular formula is C13H21F3N2O3. The molecule has 8 heteroatoms. The summed E-state index contributed by atoms with van der Waals surface area (Å²) < 4.78 is 36.5. The van der Waals surface area contributed by atoms with Gasteiger partial charge in [0, 0.05) is 6.04 Å². The zero-order valence-electron chi connectivity index (χ0n) is 11.9. The number of carboxylic acids is 1. The fourth-order valence-electron chi connectivity index (χ4n) is 2.65. The van der Waals surface area contributed by atoms with Gasteiger partial charge in [0.1, 0.15) is 6.04 Å². The minimum absolute atomic E-state index is 0.167. The van der Waals surface area contributed by atoms with Gasteiger partial charge in [-0.3, -0.25) is 0 Å².